The molecule has 1 aromatic carbocycles. The first kappa shape index (κ1) is 17.5. The second-order valence-electron chi connectivity index (χ2n) is 6.84. The molecule has 0 saturated carbocycles. The number of nitrogens with zero attached hydrogens (tertiary/aromatic N) is 1. The maximum Gasteiger partial charge on any atom is 0.306 e. The predicted molar refractivity (Wildman–Crippen MR) is 100 cm³/mol. The van der Waals surface area contributed by atoms with E-state index in [9.17, 15) is 4.79 Å². The Morgan fingerprint density at radius 2 is 2.00 bits per heavy atom. The number of rotatable bonds is 6. The molecule has 1 fully saturated rings. The summed E-state index contributed by atoms with van der Waals surface area (Å²) >= 11 is 0. The summed E-state index contributed by atoms with van der Waals surface area (Å²) in [5, 5.41) is 3.72. The molecule has 1 saturated heterocycles. The van der Waals surface area contributed by atoms with Crippen LogP contribution in [0.3, 0.4) is 0 Å². The van der Waals surface area contributed by atoms with Gasteiger partial charge in [0.05, 0.1) is 12.1 Å². The summed E-state index contributed by atoms with van der Waals surface area (Å²) in [5.41, 5.74) is 3.51. The second-order valence-corrected chi connectivity index (χ2v) is 6.84. The van der Waals surface area contributed by atoms with Crippen LogP contribution in [0.5, 0.6) is 0 Å². The zero-order chi connectivity index (χ0) is 17.5. The minimum atomic E-state index is -0.0587. The van der Waals surface area contributed by atoms with Crippen LogP contribution < -0.4 is 5.84 Å². The van der Waals surface area contributed by atoms with Crippen LogP contribution in [0.2, 0.25) is 0 Å². The smallest absolute Gasteiger partial charge is 0.306 e. The number of esters is 1. The van der Waals surface area contributed by atoms with Crippen molar-refractivity contribution in [3.8, 4) is 0 Å². The molecule has 2 aliphatic rings. The molecule has 0 aromatic heterocycles. The van der Waals surface area contributed by atoms with E-state index in [2.05, 4.69) is 29.4 Å². The van der Waals surface area contributed by atoms with Crippen LogP contribution >= 0.6 is 0 Å². The lowest BCUT2D eigenvalue weighted by Crippen LogP contribution is -2.28. The number of hydrazone groups is 1. The van der Waals surface area contributed by atoms with Gasteiger partial charge in [-0.15, -0.1) is 0 Å². The zero-order valence-corrected chi connectivity index (χ0v) is 14.6. The third-order valence-corrected chi connectivity index (χ3v) is 5.00. The molecule has 132 valence electrons. The van der Waals surface area contributed by atoms with Crippen LogP contribution in [-0.2, 0) is 9.53 Å². The molecule has 1 aliphatic carbocycles. The molecule has 2 N–H and O–H groups in total. The molecule has 3 rings (SSSR count). The van der Waals surface area contributed by atoms with Crippen molar-refractivity contribution in [3.63, 3.8) is 0 Å². The van der Waals surface area contributed by atoms with Crippen LogP contribution in [0.4, 0.5) is 0 Å². The topological polar surface area (TPSA) is 64.7 Å². The van der Waals surface area contributed by atoms with E-state index in [0.717, 1.165) is 44.2 Å². The van der Waals surface area contributed by atoms with Crippen LogP contribution in [0.25, 0.3) is 0 Å². The Morgan fingerprint density at radius 3 is 2.72 bits per heavy atom. The number of nitrogens with two attached hydrogens (primary N) is 1. The Kier molecular flexibility index (Phi) is 6.04. The Labute approximate surface area is 149 Å². The third-order valence-electron chi connectivity index (χ3n) is 5.00. The van der Waals surface area contributed by atoms with Crippen LogP contribution in [-0.4, -0.2) is 17.8 Å². The summed E-state index contributed by atoms with van der Waals surface area (Å²) in [6, 6.07) is 10.3. The Balaban J connectivity index is 1.43. The fourth-order valence-corrected chi connectivity index (χ4v) is 3.60. The van der Waals surface area contributed by atoms with Crippen molar-refractivity contribution in [1.29, 1.82) is 0 Å². The number of hydrogen-bond donors (Lipinski definition) is 1. The molecule has 4 heteroatoms. The van der Waals surface area contributed by atoms with E-state index in [4.69, 9.17) is 10.6 Å². The summed E-state index contributed by atoms with van der Waals surface area (Å²) in [6.45, 7) is 0. The number of cyclic esters (lactones) is 1. The highest BCUT2D eigenvalue weighted by Gasteiger charge is 2.29. The van der Waals surface area contributed by atoms with E-state index in [0.29, 0.717) is 12.3 Å². The molecule has 0 unspecified atom stereocenters. The Hall–Kier alpha value is -2.36. The number of carbonyl (C=O) groups is 1. The van der Waals surface area contributed by atoms with Gasteiger partial charge in [-0.05, 0) is 49.7 Å². The minimum absolute atomic E-state index is 0.0540. The SMILES string of the molecule is NN=C1C=CC(CCCC[C@H]2C[C@H](c3ccccc3)CC(=O)O2)=CC1. The van der Waals surface area contributed by atoms with Gasteiger partial charge in [-0.3, -0.25) is 4.79 Å². The highest BCUT2D eigenvalue weighted by molar-refractivity contribution is 5.97. The van der Waals surface area contributed by atoms with E-state index in [1.807, 2.05) is 24.3 Å². The summed E-state index contributed by atoms with van der Waals surface area (Å²) in [4.78, 5) is 11.9. The fourth-order valence-electron chi connectivity index (χ4n) is 3.60. The van der Waals surface area contributed by atoms with Gasteiger partial charge in [-0.2, -0.15) is 5.10 Å². The number of hydrogen-bond acceptors (Lipinski definition) is 4. The second kappa shape index (κ2) is 8.65. The largest absolute Gasteiger partial charge is 0.462 e. The van der Waals surface area contributed by atoms with Crippen molar-refractivity contribution in [2.24, 2.45) is 10.9 Å². The summed E-state index contributed by atoms with van der Waals surface area (Å²) in [5.74, 6) is 5.52. The minimum Gasteiger partial charge on any atom is -0.462 e. The highest BCUT2D eigenvalue weighted by atomic mass is 16.5. The van der Waals surface area contributed by atoms with Crippen LogP contribution in [0.15, 0.2) is 59.2 Å². The summed E-state index contributed by atoms with van der Waals surface area (Å²) in [6.07, 6.45) is 12.8. The molecule has 1 heterocycles. The average Bonchev–Trinajstić information content (AvgIpc) is 2.66. The number of ether oxygens (including phenoxy) is 1. The van der Waals surface area contributed by atoms with Gasteiger partial charge in [0.1, 0.15) is 6.10 Å². The lowest BCUT2D eigenvalue weighted by Gasteiger charge is -2.29. The summed E-state index contributed by atoms with van der Waals surface area (Å²) < 4.78 is 5.56. The highest BCUT2D eigenvalue weighted by Crippen LogP contribution is 2.32. The fraction of sp³-hybridized carbons (Fsp3) is 0.429. The first-order valence-corrected chi connectivity index (χ1v) is 9.13. The normalized spacial score (nSPS) is 24.9. The van der Waals surface area contributed by atoms with E-state index in [1.165, 1.54) is 11.1 Å². The van der Waals surface area contributed by atoms with Gasteiger partial charge >= 0.3 is 5.97 Å². The average molecular weight is 338 g/mol. The molecular formula is C21H26N2O2. The van der Waals surface area contributed by atoms with Gasteiger partial charge in [0.25, 0.3) is 0 Å². The maximum absolute atomic E-state index is 11.9. The first-order valence-electron chi connectivity index (χ1n) is 9.13. The molecule has 1 aliphatic heterocycles. The van der Waals surface area contributed by atoms with Gasteiger partial charge in [0, 0.05) is 6.42 Å². The van der Waals surface area contributed by atoms with Crippen LogP contribution in [0.1, 0.15) is 56.4 Å². The standard InChI is InChI=1S/C21H26N2O2/c22-23-19-12-10-16(11-13-19)6-4-5-9-20-14-18(15-21(24)25-20)17-7-2-1-3-8-17/h1-3,7-8,10-12,18,20H,4-6,9,13-15,22H2/t18-,20-/m0/s1. The molecule has 2 atom stereocenters. The number of unbranched alkanes of at least 4 members (excludes halogenated alkanes) is 1. The molecule has 0 radical (unpaired) electrons. The number of carbonyl (C=O) groups excluding carboxylic acids is 1. The lowest BCUT2D eigenvalue weighted by atomic mass is 9.87. The Morgan fingerprint density at radius 1 is 1.16 bits per heavy atom. The lowest BCUT2D eigenvalue weighted by molar-refractivity contribution is -0.155. The molecule has 4 nitrogen and oxygen atoms in total. The van der Waals surface area contributed by atoms with Crippen molar-refractivity contribution < 1.29 is 9.53 Å². The van der Waals surface area contributed by atoms with Gasteiger partial charge in [0.2, 0.25) is 0 Å². The van der Waals surface area contributed by atoms with Gasteiger partial charge in [-0.25, -0.2) is 0 Å². The van der Waals surface area contributed by atoms with Crippen molar-refractivity contribution in [2.45, 2.75) is 57.0 Å². The molecule has 0 amide bonds. The molecule has 25 heavy (non-hydrogen) atoms. The maximum atomic E-state index is 11.9. The zero-order valence-electron chi connectivity index (χ0n) is 14.6. The van der Waals surface area contributed by atoms with E-state index in [1.54, 1.807) is 0 Å². The van der Waals surface area contributed by atoms with Crippen molar-refractivity contribution in [1.82, 2.24) is 0 Å². The quantitative estimate of drug-likeness (QED) is 0.365. The van der Waals surface area contributed by atoms with E-state index < -0.39 is 0 Å². The first-order chi connectivity index (χ1) is 12.2. The van der Waals surface area contributed by atoms with Gasteiger partial charge in [0.15, 0.2) is 0 Å². The van der Waals surface area contributed by atoms with Crippen molar-refractivity contribution >= 4 is 11.7 Å². The van der Waals surface area contributed by atoms with E-state index in [-0.39, 0.29) is 12.1 Å². The molecule has 0 spiro atoms. The van der Waals surface area contributed by atoms with Crippen molar-refractivity contribution in [2.75, 3.05) is 0 Å². The molecule has 1 aromatic rings. The van der Waals surface area contributed by atoms with Gasteiger partial charge < -0.3 is 10.6 Å². The van der Waals surface area contributed by atoms with Gasteiger partial charge in [-0.1, -0.05) is 48.1 Å². The van der Waals surface area contributed by atoms with Crippen molar-refractivity contribution in [3.05, 3.63) is 59.7 Å². The van der Waals surface area contributed by atoms with Crippen LogP contribution in [0, 0.1) is 0 Å². The Bertz CT molecular complexity index is 676. The molecule has 0 bridgehead atoms. The third kappa shape index (κ3) is 5.05. The monoisotopic (exact) mass is 338 g/mol. The summed E-state index contributed by atoms with van der Waals surface area (Å²) in [7, 11) is 0. The molecular weight excluding hydrogens is 312 g/mol. The predicted octanol–water partition coefficient (Wildman–Crippen LogP) is 4.24. The number of allylic oxidation sites excluding steroid dienone is 4. The van der Waals surface area contributed by atoms with E-state index >= 15 is 0 Å². The number of benzene rings is 1.